The normalized spacial score (nSPS) is 9.90. The smallest absolute Gasteiger partial charge is 0.358 e. The average Bonchev–Trinajstić information content (AvgIpc) is 2.74. The van der Waals surface area contributed by atoms with E-state index < -0.39 is 5.97 Å². The Balaban J connectivity index is 0.00000200. The van der Waals surface area contributed by atoms with Gasteiger partial charge in [-0.3, -0.25) is 0 Å². The fraction of sp³-hybridized carbons (Fsp3) is 0.231. The largest absolute Gasteiger partial charge is 0.461 e. The van der Waals surface area contributed by atoms with E-state index in [1.807, 2.05) is 24.3 Å². The summed E-state index contributed by atoms with van der Waals surface area (Å²) in [6.07, 6.45) is 0.639. The topological polar surface area (TPSA) is 65.2 Å². The van der Waals surface area contributed by atoms with E-state index >= 15 is 0 Å². The molecule has 7 heteroatoms. The highest BCUT2D eigenvalue weighted by atomic mass is 127. The number of anilines is 1. The Bertz CT molecular complexity index is 587. The van der Waals surface area contributed by atoms with Crippen molar-refractivity contribution in [3.05, 3.63) is 44.0 Å². The summed E-state index contributed by atoms with van der Waals surface area (Å²) in [4.78, 5) is 16.7. The van der Waals surface area contributed by atoms with E-state index in [9.17, 15) is 4.79 Å². The molecule has 0 saturated carbocycles. The SMILES string of the molecule is Br.CCOC(=O)c1nc(N)sc1Cc1ccc(I)cc1. The summed E-state index contributed by atoms with van der Waals surface area (Å²) in [6, 6.07) is 8.13. The van der Waals surface area contributed by atoms with E-state index in [0.29, 0.717) is 23.9 Å². The lowest BCUT2D eigenvalue weighted by Crippen LogP contribution is -2.08. The highest BCUT2D eigenvalue weighted by Gasteiger charge is 2.18. The van der Waals surface area contributed by atoms with Gasteiger partial charge in [-0.05, 0) is 47.2 Å². The molecule has 0 fully saturated rings. The number of aromatic nitrogens is 1. The minimum absolute atomic E-state index is 0. The zero-order chi connectivity index (χ0) is 13.8. The second-order valence-electron chi connectivity index (χ2n) is 3.85. The van der Waals surface area contributed by atoms with Crippen molar-refractivity contribution in [1.82, 2.24) is 4.98 Å². The molecular weight excluding hydrogens is 455 g/mol. The van der Waals surface area contributed by atoms with Crippen LogP contribution in [0.15, 0.2) is 24.3 Å². The van der Waals surface area contributed by atoms with Crippen molar-refractivity contribution in [3.8, 4) is 0 Å². The van der Waals surface area contributed by atoms with Crippen LogP contribution < -0.4 is 5.73 Å². The zero-order valence-corrected chi connectivity index (χ0v) is 15.4. The molecule has 0 amide bonds. The maximum Gasteiger partial charge on any atom is 0.358 e. The molecule has 108 valence electrons. The van der Waals surface area contributed by atoms with Gasteiger partial charge in [-0.25, -0.2) is 9.78 Å². The van der Waals surface area contributed by atoms with Crippen LogP contribution in [0, 0.1) is 3.57 Å². The first kappa shape index (κ1) is 17.4. The van der Waals surface area contributed by atoms with Crippen LogP contribution in [0.2, 0.25) is 0 Å². The van der Waals surface area contributed by atoms with Gasteiger partial charge >= 0.3 is 5.97 Å². The molecule has 0 atom stereocenters. The van der Waals surface area contributed by atoms with Crippen molar-refractivity contribution >= 4 is 62.0 Å². The summed E-state index contributed by atoms with van der Waals surface area (Å²) in [5.74, 6) is -0.407. The highest BCUT2D eigenvalue weighted by molar-refractivity contribution is 14.1. The Kier molecular flexibility index (Phi) is 6.90. The highest BCUT2D eigenvalue weighted by Crippen LogP contribution is 2.24. The van der Waals surface area contributed by atoms with E-state index in [0.717, 1.165) is 10.4 Å². The molecule has 1 aromatic heterocycles. The van der Waals surface area contributed by atoms with Gasteiger partial charge in [-0.15, -0.1) is 28.3 Å². The molecule has 0 saturated heterocycles. The monoisotopic (exact) mass is 468 g/mol. The maximum absolute atomic E-state index is 11.8. The molecular formula is C13H14BrIN2O2S. The van der Waals surface area contributed by atoms with Crippen LogP contribution in [0.3, 0.4) is 0 Å². The third kappa shape index (κ3) is 4.42. The van der Waals surface area contributed by atoms with Crippen molar-refractivity contribution in [1.29, 1.82) is 0 Å². The summed E-state index contributed by atoms with van der Waals surface area (Å²) >= 11 is 3.59. The molecule has 2 aromatic rings. The predicted molar refractivity (Wildman–Crippen MR) is 94.8 cm³/mol. The molecule has 0 radical (unpaired) electrons. The van der Waals surface area contributed by atoms with E-state index in [4.69, 9.17) is 10.5 Å². The third-order valence-corrected chi connectivity index (χ3v) is 4.06. The summed E-state index contributed by atoms with van der Waals surface area (Å²) in [6.45, 7) is 2.10. The number of nitrogens with two attached hydrogens (primary N) is 1. The van der Waals surface area contributed by atoms with Crippen molar-refractivity contribution in [2.45, 2.75) is 13.3 Å². The molecule has 0 aliphatic carbocycles. The first-order valence-corrected chi connectivity index (χ1v) is 7.66. The van der Waals surface area contributed by atoms with Gasteiger partial charge in [-0.2, -0.15) is 0 Å². The number of carbonyl (C=O) groups is 1. The quantitative estimate of drug-likeness (QED) is 0.549. The van der Waals surface area contributed by atoms with Crippen LogP contribution in [-0.2, 0) is 11.2 Å². The zero-order valence-electron chi connectivity index (χ0n) is 10.8. The number of benzene rings is 1. The molecule has 0 aliphatic rings. The van der Waals surface area contributed by atoms with E-state index in [1.54, 1.807) is 6.92 Å². The van der Waals surface area contributed by atoms with Gasteiger partial charge in [-0.1, -0.05) is 12.1 Å². The molecule has 4 nitrogen and oxygen atoms in total. The molecule has 0 spiro atoms. The van der Waals surface area contributed by atoms with Crippen molar-refractivity contribution < 1.29 is 9.53 Å². The average molecular weight is 469 g/mol. The second-order valence-corrected chi connectivity index (χ2v) is 6.21. The first-order valence-electron chi connectivity index (χ1n) is 5.77. The van der Waals surface area contributed by atoms with Gasteiger partial charge in [0.15, 0.2) is 10.8 Å². The van der Waals surface area contributed by atoms with E-state index in [1.165, 1.54) is 14.9 Å². The summed E-state index contributed by atoms with van der Waals surface area (Å²) < 4.78 is 6.16. The number of thiazole rings is 1. The number of carbonyl (C=O) groups excluding carboxylic acids is 1. The number of rotatable bonds is 4. The van der Waals surface area contributed by atoms with Crippen LogP contribution in [0.4, 0.5) is 5.13 Å². The standard InChI is InChI=1S/C13H13IN2O2S.BrH/c1-2-18-12(17)11-10(19-13(15)16-11)7-8-3-5-9(14)6-4-8;/h3-6H,2,7H2,1H3,(H2,15,16);1H. The van der Waals surface area contributed by atoms with Crippen LogP contribution in [0.25, 0.3) is 0 Å². The molecule has 2 N–H and O–H groups in total. The number of nitrogen functional groups attached to an aromatic ring is 1. The molecule has 0 bridgehead atoms. The summed E-state index contributed by atoms with van der Waals surface area (Å²) in [5, 5.41) is 0.392. The van der Waals surface area contributed by atoms with Crippen LogP contribution in [0.1, 0.15) is 27.9 Å². The Morgan fingerprint density at radius 3 is 2.65 bits per heavy atom. The Hall–Kier alpha value is -0.670. The fourth-order valence-corrected chi connectivity index (χ4v) is 2.85. The third-order valence-electron chi connectivity index (χ3n) is 2.46. The Morgan fingerprint density at radius 2 is 2.05 bits per heavy atom. The van der Waals surface area contributed by atoms with Gasteiger partial charge in [0.2, 0.25) is 0 Å². The van der Waals surface area contributed by atoms with Gasteiger partial charge in [0.05, 0.1) is 6.61 Å². The lowest BCUT2D eigenvalue weighted by atomic mass is 10.1. The molecule has 0 unspecified atom stereocenters. The number of halogens is 2. The Labute approximate surface area is 145 Å². The molecule has 20 heavy (non-hydrogen) atoms. The van der Waals surface area contributed by atoms with E-state index in [-0.39, 0.29) is 17.0 Å². The summed E-state index contributed by atoms with van der Waals surface area (Å²) in [7, 11) is 0. The van der Waals surface area contributed by atoms with Gasteiger partial charge in [0.25, 0.3) is 0 Å². The second kappa shape index (κ2) is 7.94. The minimum Gasteiger partial charge on any atom is -0.461 e. The fourth-order valence-electron chi connectivity index (χ4n) is 1.64. The minimum atomic E-state index is -0.407. The maximum atomic E-state index is 11.8. The Morgan fingerprint density at radius 1 is 1.40 bits per heavy atom. The molecule has 1 aromatic carbocycles. The number of hydrogen-bond acceptors (Lipinski definition) is 5. The molecule has 2 rings (SSSR count). The number of ether oxygens (including phenoxy) is 1. The van der Waals surface area contributed by atoms with Crippen molar-refractivity contribution in [3.63, 3.8) is 0 Å². The molecule has 0 aliphatic heterocycles. The van der Waals surface area contributed by atoms with Crippen molar-refractivity contribution in [2.24, 2.45) is 0 Å². The van der Waals surface area contributed by atoms with Gasteiger partial charge < -0.3 is 10.5 Å². The predicted octanol–water partition coefficient (Wildman–Crippen LogP) is 3.68. The lowest BCUT2D eigenvalue weighted by molar-refractivity contribution is 0.0519. The first-order chi connectivity index (χ1) is 9.10. The van der Waals surface area contributed by atoms with E-state index in [2.05, 4.69) is 27.6 Å². The number of hydrogen-bond donors (Lipinski definition) is 1. The van der Waals surface area contributed by atoms with Gasteiger partial charge in [0, 0.05) is 14.9 Å². The van der Waals surface area contributed by atoms with Crippen molar-refractivity contribution in [2.75, 3.05) is 12.3 Å². The van der Waals surface area contributed by atoms with Crippen LogP contribution in [-0.4, -0.2) is 17.6 Å². The van der Waals surface area contributed by atoms with Gasteiger partial charge in [0.1, 0.15) is 0 Å². The number of nitrogens with zero attached hydrogens (tertiary/aromatic N) is 1. The van der Waals surface area contributed by atoms with Crippen LogP contribution in [0.5, 0.6) is 0 Å². The van der Waals surface area contributed by atoms with Crippen LogP contribution >= 0.6 is 50.9 Å². The molecule has 1 heterocycles. The lowest BCUT2D eigenvalue weighted by Gasteiger charge is -2.03. The summed E-state index contributed by atoms with van der Waals surface area (Å²) in [5.41, 5.74) is 7.15. The number of esters is 1.